The van der Waals surface area contributed by atoms with Gasteiger partial charge in [-0.25, -0.2) is 5.43 Å². The highest BCUT2D eigenvalue weighted by atomic mass is 32.1. The molecule has 9 nitrogen and oxygen atoms in total. The number of nitro benzene ring substituents is 1. The summed E-state index contributed by atoms with van der Waals surface area (Å²) in [5.41, 5.74) is 2.39. The van der Waals surface area contributed by atoms with Crippen LogP contribution in [0.3, 0.4) is 0 Å². The Morgan fingerprint density at radius 2 is 1.87 bits per heavy atom. The van der Waals surface area contributed by atoms with E-state index in [2.05, 4.69) is 15.8 Å². The third kappa shape index (κ3) is 5.84. The number of nitrogens with one attached hydrogen (secondary N) is 2. The number of nitro groups is 1. The van der Waals surface area contributed by atoms with Crippen LogP contribution in [0.25, 0.3) is 6.08 Å². The molecule has 0 bridgehead atoms. The monoisotopic (exact) mass is 436 g/mol. The Bertz CT molecular complexity index is 1160. The first-order valence-corrected chi connectivity index (χ1v) is 9.74. The van der Waals surface area contributed by atoms with Gasteiger partial charge in [-0.2, -0.15) is 5.10 Å². The Kier molecular flexibility index (Phi) is 6.86. The van der Waals surface area contributed by atoms with Crippen molar-refractivity contribution in [3.8, 4) is 5.75 Å². The standard InChI is InChI=1S/C21H16N4O5S/c26-19-9-8-16(25(29)30)11-15(19)13-22-24-21(28)18(12-17-7-4-10-31-17)23-20(27)14-5-2-1-3-6-14/h1-13,26H,(H,23,27)(H,24,28)/b18-12-,22-13-. The number of amides is 2. The summed E-state index contributed by atoms with van der Waals surface area (Å²) >= 11 is 1.38. The number of aromatic hydroxyl groups is 1. The van der Waals surface area contributed by atoms with Gasteiger partial charge >= 0.3 is 0 Å². The molecule has 0 aliphatic heterocycles. The van der Waals surface area contributed by atoms with Gasteiger partial charge in [-0.3, -0.25) is 19.7 Å². The van der Waals surface area contributed by atoms with Crippen molar-refractivity contribution in [3.05, 3.63) is 97.9 Å². The summed E-state index contributed by atoms with van der Waals surface area (Å²) in [4.78, 5) is 36.1. The number of hydrogen-bond acceptors (Lipinski definition) is 7. The van der Waals surface area contributed by atoms with Gasteiger partial charge in [-0.15, -0.1) is 11.3 Å². The van der Waals surface area contributed by atoms with E-state index in [0.717, 1.165) is 29.3 Å². The Morgan fingerprint density at radius 3 is 2.55 bits per heavy atom. The van der Waals surface area contributed by atoms with Crippen LogP contribution < -0.4 is 10.7 Å². The molecular formula is C21H16N4O5S. The molecule has 156 valence electrons. The van der Waals surface area contributed by atoms with Gasteiger partial charge < -0.3 is 10.4 Å². The van der Waals surface area contributed by atoms with E-state index in [-0.39, 0.29) is 22.7 Å². The van der Waals surface area contributed by atoms with Crippen LogP contribution in [0.1, 0.15) is 20.8 Å². The molecule has 0 saturated carbocycles. The minimum Gasteiger partial charge on any atom is -0.507 e. The summed E-state index contributed by atoms with van der Waals surface area (Å²) in [6, 6.07) is 15.4. The van der Waals surface area contributed by atoms with Crippen molar-refractivity contribution in [2.45, 2.75) is 0 Å². The van der Waals surface area contributed by atoms with E-state index in [1.165, 1.54) is 17.4 Å². The first-order chi connectivity index (χ1) is 14.9. The summed E-state index contributed by atoms with van der Waals surface area (Å²) in [5.74, 6) is -1.42. The lowest BCUT2D eigenvalue weighted by Gasteiger charge is -2.08. The molecule has 0 atom stereocenters. The van der Waals surface area contributed by atoms with E-state index in [4.69, 9.17) is 0 Å². The number of phenolic OH excluding ortho intramolecular Hbond substituents is 1. The Morgan fingerprint density at radius 1 is 1.10 bits per heavy atom. The van der Waals surface area contributed by atoms with Gasteiger partial charge in [0.15, 0.2) is 0 Å². The number of carbonyl (C=O) groups excluding carboxylic acids is 2. The third-order valence-electron chi connectivity index (χ3n) is 3.95. The van der Waals surface area contributed by atoms with E-state index in [0.29, 0.717) is 5.56 Å². The molecule has 1 aromatic heterocycles. The third-order valence-corrected chi connectivity index (χ3v) is 4.77. The van der Waals surface area contributed by atoms with E-state index in [9.17, 15) is 24.8 Å². The van der Waals surface area contributed by atoms with Gasteiger partial charge in [0.1, 0.15) is 11.4 Å². The van der Waals surface area contributed by atoms with Crippen LogP contribution >= 0.6 is 11.3 Å². The molecule has 3 N–H and O–H groups in total. The van der Waals surface area contributed by atoms with Crippen LogP contribution in [0.2, 0.25) is 0 Å². The van der Waals surface area contributed by atoms with E-state index >= 15 is 0 Å². The number of hydrogen-bond donors (Lipinski definition) is 3. The van der Waals surface area contributed by atoms with Gasteiger partial charge in [0, 0.05) is 28.1 Å². The molecule has 0 unspecified atom stereocenters. The van der Waals surface area contributed by atoms with Crippen molar-refractivity contribution in [1.29, 1.82) is 0 Å². The first-order valence-electron chi connectivity index (χ1n) is 8.86. The Hall–Kier alpha value is -4.31. The molecule has 0 fully saturated rings. The van der Waals surface area contributed by atoms with Crippen molar-refractivity contribution in [2.75, 3.05) is 0 Å². The number of hydrazone groups is 1. The Labute approximate surface area is 180 Å². The fraction of sp³-hybridized carbons (Fsp3) is 0. The number of thiophene rings is 1. The highest BCUT2D eigenvalue weighted by Gasteiger charge is 2.15. The van der Waals surface area contributed by atoms with Crippen LogP contribution in [0.4, 0.5) is 5.69 Å². The average Bonchev–Trinajstić information content (AvgIpc) is 3.28. The number of benzene rings is 2. The van der Waals surface area contributed by atoms with Crippen LogP contribution in [-0.2, 0) is 4.79 Å². The lowest BCUT2D eigenvalue weighted by Crippen LogP contribution is -2.32. The van der Waals surface area contributed by atoms with Gasteiger partial charge in [0.05, 0.1) is 11.1 Å². The van der Waals surface area contributed by atoms with E-state index < -0.39 is 16.7 Å². The predicted molar refractivity (Wildman–Crippen MR) is 117 cm³/mol. The molecule has 0 radical (unpaired) electrons. The molecule has 0 aliphatic carbocycles. The molecule has 10 heteroatoms. The zero-order valence-electron chi connectivity index (χ0n) is 15.9. The molecule has 0 spiro atoms. The molecule has 3 rings (SSSR count). The van der Waals surface area contributed by atoms with Gasteiger partial charge in [-0.1, -0.05) is 24.3 Å². The molecule has 31 heavy (non-hydrogen) atoms. The van der Waals surface area contributed by atoms with Crippen molar-refractivity contribution in [1.82, 2.24) is 10.7 Å². The predicted octanol–water partition coefficient (Wildman–Crippen LogP) is 3.28. The van der Waals surface area contributed by atoms with Crippen molar-refractivity contribution in [2.24, 2.45) is 5.10 Å². The summed E-state index contributed by atoms with van der Waals surface area (Å²) in [6.07, 6.45) is 2.57. The fourth-order valence-electron chi connectivity index (χ4n) is 2.44. The van der Waals surface area contributed by atoms with Gasteiger partial charge in [0.25, 0.3) is 17.5 Å². The van der Waals surface area contributed by atoms with Crippen LogP contribution in [0, 0.1) is 10.1 Å². The SMILES string of the molecule is O=C(N/N=C\c1cc([N+](=O)[O-])ccc1O)/C(=C/c1cccs1)NC(=O)c1ccccc1. The summed E-state index contributed by atoms with van der Waals surface area (Å²) < 4.78 is 0. The van der Waals surface area contributed by atoms with Crippen molar-refractivity contribution in [3.63, 3.8) is 0 Å². The highest BCUT2D eigenvalue weighted by Crippen LogP contribution is 2.21. The molecule has 2 amide bonds. The first kappa shape index (κ1) is 21.4. The number of carbonyl (C=O) groups is 2. The van der Waals surface area contributed by atoms with Crippen LogP contribution in [-0.4, -0.2) is 28.1 Å². The van der Waals surface area contributed by atoms with Crippen LogP contribution in [0.15, 0.2) is 76.8 Å². The summed E-state index contributed by atoms with van der Waals surface area (Å²) in [5, 5.41) is 28.8. The zero-order chi connectivity index (χ0) is 22.2. The maximum absolute atomic E-state index is 12.6. The highest BCUT2D eigenvalue weighted by molar-refractivity contribution is 7.10. The lowest BCUT2D eigenvalue weighted by atomic mass is 10.2. The molecule has 0 aliphatic rings. The van der Waals surface area contributed by atoms with E-state index in [1.807, 2.05) is 5.38 Å². The number of rotatable bonds is 7. The zero-order valence-corrected chi connectivity index (χ0v) is 16.7. The number of phenols is 1. The smallest absolute Gasteiger partial charge is 0.287 e. The summed E-state index contributed by atoms with van der Waals surface area (Å²) in [7, 11) is 0. The molecular weight excluding hydrogens is 420 g/mol. The van der Waals surface area contributed by atoms with E-state index in [1.54, 1.807) is 42.5 Å². The minimum atomic E-state index is -0.709. The Balaban J connectivity index is 1.78. The van der Waals surface area contributed by atoms with Crippen molar-refractivity contribution < 1.29 is 19.6 Å². The molecule has 1 heterocycles. The molecule has 2 aromatic carbocycles. The average molecular weight is 436 g/mol. The molecule has 0 saturated heterocycles. The second-order valence-electron chi connectivity index (χ2n) is 6.09. The maximum Gasteiger partial charge on any atom is 0.287 e. The second-order valence-corrected chi connectivity index (χ2v) is 7.07. The van der Waals surface area contributed by atoms with Crippen molar-refractivity contribution >= 4 is 41.1 Å². The minimum absolute atomic E-state index is 0.0447. The molecule has 3 aromatic rings. The summed E-state index contributed by atoms with van der Waals surface area (Å²) in [6.45, 7) is 0. The fourth-order valence-corrected chi connectivity index (χ4v) is 3.09. The number of non-ortho nitro benzene ring substituents is 1. The lowest BCUT2D eigenvalue weighted by molar-refractivity contribution is -0.384. The quantitative estimate of drug-likeness (QED) is 0.226. The van der Waals surface area contributed by atoms with Crippen LogP contribution in [0.5, 0.6) is 5.75 Å². The number of nitrogens with zero attached hydrogens (tertiary/aromatic N) is 2. The maximum atomic E-state index is 12.6. The second kappa shape index (κ2) is 9.94. The van der Waals surface area contributed by atoms with Gasteiger partial charge in [-0.05, 0) is 35.7 Å². The topological polar surface area (TPSA) is 134 Å². The normalized spacial score (nSPS) is 11.3. The van der Waals surface area contributed by atoms with Gasteiger partial charge in [0.2, 0.25) is 0 Å². The largest absolute Gasteiger partial charge is 0.507 e.